The average Bonchev–Trinajstić information content (AvgIpc) is 2.81. The first-order valence-electron chi connectivity index (χ1n) is 6.98. The minimum atomic E-state index is 0.418. The van der Waals surface area contributed by atoms with Crippen LogP contribution in [-0.4, -0.2) is 16.3 Å². The first-order chi connectivity index (χ1) is 9.22. The van der Waals surface area contributed by atoms with Gasteiger partial charge < -0.3 is 5.32 Å². The summed E-state index contributed by atoms with van der Waals surface area (Å²) in [6, 6.07) is 11.2. The van der Waals surface area contributed by atoms with E-state index in [1.54, 1.807) is 0 Å². The van der Waals surface area contributed by atoms with Gasteiger partial charge in [-0.25, -0.2) is 0 Å². The third kappa shape index (κ3) is 3.44. The van der Waals surface area contributed by atoms with Gasteiger partial charge in [-0.15, -0.1) is 0 Å². The Labute approximate surface area is 115 Å². The van der Waals surface area contributed by atoms with Crippen LogP contribution in [0.15, 0.2) is 36.5 Å². The first-order valence-corrected chi connectivity index (χ1v) is 6.98. The van der Waals surface area contributed by atoms with E-state index in [2.05, 4.69) is 54.6 Å². The predicted octanol–water partition coefficient (Wildman–Crippen LogP) is 3.01. The Kier molecular flexibility index (Phi) is 4.74. The molecule has 0 aliphatic heterocycles. The fourth-order valence-corrected chi connectivity index (χ4v) is 2.53. The van der Waals surface area contributed by atoms with E-state index in [0.29, 0.717) is 6.04 Å². The highest BCUT2D eigenvalue weighted by Gasteiger charge is 2.13. The highest BCUT2D eigenvalue weighted by atomic mass is 15.2. The van der Waals surface area contributed by atoms with Crippen molar-refractivity contribution in [3.63, 3.8) is 0 Å². The molecule has 3 heteroatoms. The van der Waals surface area contributed by atoms with Crippen LogP contribution in [0.4, 0.5) is 0 Å². The maximum atomic E-state index is 4.23. The van der Waals surface area contributed by atoms with Gasteiger partial charge in [-0.05, 0) is 43.5 Å². The maximum Gasteiger partial charge on any atom is 0.0492 e. The second kappa shape index (κ2) is 6.53. The molecular formula is C16H23N3. The van der Waals surface area contributed by atoms with E-state index in [4.69, 9.17) is 0 Å². The smallest absolute Gasteiger partial charge is 0.0492 e. The van der Waals surface area contributed by atoms with Gasteiger partial charge in [0.1, 0.15) is 0 Å². The Hall–Kier alpha value is -1.61. The van der Waals surface area contributed by atoms with Gasteiger partial charge in [-0.3, -0.25) is 4.68 Å². The monoisotopic (exact) mass is 257 g/mol. The molecule has 2 aromatic rings. The summed E-state index contributed by atoms with van der Waals surface area (Å²) in [5, 5.41) is 7.82. The van der Waals surface area contributed by atoms with E-state index in [9.17, 15) is 0 Å². The lowest BCUT2D eigenvalue weighted by atomic mass is 9.97. The number of aromatic nitrogens is 2. The summed E-state index contributed by atoms with van der Waals surface area (Å²) in [5.74, 6) is 0. The molecule has 0 radical (unpaired) electrons. The Morgan fingerprint density at radius 3 is 2.68 bits per heavy atom. The van der Waals surface area contributed by atoms with E-state index in [1.165, 1.54) is 16.8 Å². The molecule has 102 valence electrons. The SMILES string of the molecule is CCNC(CCc1ccnn1C)c1ccccc1C. The quantitative estimate of drug-likeness (QED) is 0.862. The molecule has 0 saturated heterocycles. The molecule has 0 spiro atoms. The zero-order valence-corrected chi connectivity index (χ0v) is 12.1. The van der Waals surface area contributed by atoms with Crippen LogP contribution in [-0.2, 0) is 13.5 Å². The Balaban J connectivity index is 2.09. The normalized spacial score (nSPS) is 12.6. The lowest BCUT2D eigenvalue weighted by Gasteiger charge is -2.20. The fraction of sp³-hybridized carbons (Fsp3) is 0.438. The number of aryl methyl sites for hydroxylation is 3. The summed E-state index contributed by atoms with van der Waals surface area (Å²) in [4.78, 5) is 0. The van der Waals surface area contributed by atoms with Crippen molar-refractivity contribution in [1.29, 1.82) is 0 Å². The van der Waals surface area contributed by atoms with Crippen LogP contribution in [0.5, 0.6) is 0 Å². The van der Waals surface area contributed by atoms with Crippen LogP contribution in [0.2, 0.25) is 0 Å². The van der Waals surface area contributed by atoms with Crippen molar-refractivity contribution in [2.24, 2.45) is 7.05 Å². The molecular weight excluding hydrogens is 234 g/mol. The number of hydrogen-bond acceptors (Lipinski definition) is 2. The van der Waals surface area contributed by atoms with Crippen molar-refractivity contribution in [3.8, 4) is 0 Å². The van der Waals surface area contributed by atoms with Gasteiger partial charge in [0.2, 0.25) is 0 Å². The van der Waals surface area contributed by atoms with Crippen molar-refractivity contribution in [2.75, 3.05) is 6.54 Å². The molecule has 0 bridgehead atoms. The molecule has 2 rings (SSSR count). The van der Waals surface area contributed by atoms with Gasteiger partial charge in [0, 0.05) is 25.0 Å². The second-order valence-electron chi connectivity index (χ2n) is 4.95. The van der Waals surface area contributed by atoms with Crippen molar-refractivity contribution >= 4 is 0 Å². The summed E-state index contributed by atoms with van der Waals surface area (Å²) < 4.78 is 1.96. The van der Waals surface area contributed by atoms with E-state index in [1.807, 2.05) is 17.9 Å². The lowest BCUT2D eigenvalue weighted by Crippen LogP contribution is -2.22. The van der Waals surface area contributed by atoms with Crippen LogP contribution < -0.4 is 5.32 Å². The molecule has 1 heterocycles. The molecule has 0 aliphatic carbocycles. The van der Waals surface area contributed by atoms with Gasteiger partial charge in [0.25, 0.3) is 0 Å². The van der Waals surface area contributed by atoms with Gasteiger partial charge in [0.15, 0.2) is 0 Å². The van der Waals surface area contributed by atoms with Crippen molar-refractivity contribution in [2.45, 2.75) is 32.7 Å². The molecule has 0 amide bonds. The van der Waals surface area contributed by atoms with Gasteiger partial charge in [-0.1, -0.05) is 31.2 Å². The largest absolute Gasteiger partial charge is 0.310 e. The number of nitrogens with one attached hydrogen (secondary N) is 1. The van der Waals surface area contributed by atoms with Crippen molar-refractivity contribution in [1.82, 2.24) is 15.1 Å². The molecule has 3 nitrogen and oxygen atoms in total. The molecule has 1 N–H and O–H groups in total. The summed E-state index contributed by atoms with van der Waals surface area (Å²) >= 11 is 0. The molecule has 19 heavy (non-hydrogen) atoms. The van der Waals surface area contributed by atoms with E-state index < -0.39 is 0 Å². The standard InChI is InChI=1S/C16H23N3/c1-4-17-16(15-8-6-5-7-13(15)2)10-9-14-11-12-18-19(14)3/h5-8,11-12,16-17H,4,9-10H2,1-3H3. The molecule has 1 atom stereocenters. The number of hydrogen-bond donors (Lipinski definition) is 1. The number of benzene rings is 1. The first kappa shape index (κ1) is 13.8. The second-order valence-corrected chi connectivity index (χ2v) is 4.95. The van der Waals surface area contributed by atoms with Gasteiger partial charge >= 0.3 is 0 Å². The summed E-state index contributed by atoms with van der Waals surface area (Å²) in [6.45, 7) is 5.34. The minimum Gasteiger partial charge on any atom is -0.310 e. The highest BCUT2D eigenvalue weighted by molar-refractivity contribution is 5.28. The summed E-state index contributed by atoms with van der Waals surface area (Å²) in [6.07, 6.45) is 4.01. The van der Waals surface area contributed by atoms with Crippen molar-refractivity contribution in [3.05, 3.63) is 53.3 Å². The number of rotatable bonds is 6. The summed E-state index contributed by atoms with van der Waals surface area (Å²) in [7, 11) is 2.01. The molecule has 0 fully saturated rings. The zero-order chi connectivity index (χ0) is 13.7. The Morgan fingerprint density at radius 1 is 1.26 bits per heavy atom. The topological polar surface area (TPSA) is 29.9 Å². The molecule has 0 aliphatic rings. The van der Waals surface area contributed by atoms with Gasteiger partial charge in [-0.2, -0.15) is 5.10 Å². The zero-order valence-electron chi connectivity index (χ0n) is 12.1. The van der Waals surface area contributed by atoms with Crippen LogP contribution in [0.25, 0.3) is 0 Å². The Bertz CT molecular complexity index is 516. The third-order valence-electron chi connectivity index (χ3n) is 3.63. The Morgan fingerprint density at radius 2 is 2.05 bits per heavy atom. The lowest BCUT2D eigenvalue weighted by molar-refractivity contribution is 0.504. The third-order valence-corrected chi connectivity index (χ3v) is 3.63. The highest BCUT2D eigenvalue weighted by Crippen LogP contribution is 2.22. The predicted molar refractivity (Wildman–Crippen MR) is 79.1 cm³/mol. The van der Waals surface area contributed by atoms with Crippen molar-refractivity contribution < 1.29 is 0 Å². The molecule has 1 aromatic carbocycles. The average molecular weight is 257 g/mol. The molecule has 1 unspecified atom stereocenters. The van der Waals surface area contributed by atoms with Crippen LogP contribution in [0.1, 0.15) is 36.2 Å². The number of nitrogens with zero attached hydrogens (tertiary/aromatic N) is 2. The molecule has 0 saturated carbocycles. The van der Waals surface area contributed by atoms with E-state index in [-0.39, 0.29) is 0 Å². The van der Waals surface area contributed by atoms with E-state index in [0.717, 1.165) is 19.4 Å². The van der Waals surface area contributed by atoms with Crippen LogP contribution in [0.3, 0.4) is 0 Å². The maximum absolute atomic E-state index is 4.23. The van der Waals surface area contributed by atoms with Crippen LogP contribution in [0, 0.1) is 6.92 Å². The van der Waals surface area contributed by atoms with E-state index >= 15 is 0 Å². The van der Waals surface area contributed by atoms with Crippen LogP contribution >= 0.6 is 0 Å². The fourth-order valence-electron chi connectivity index (χ4n) is 2.53. The minimum absolute atomic E-state index is 0.418. The summed E-state index contributed by atoms with van der Waals surface area (Å²) in [5.41, 5.74) is 4.06. The molecule has 1 aromatic heterocycles. The van der Waals surface area contributed by atoms with Gasteiger partial charge in [0.05, 0.1) is 0 Å².